The molecule has 0 aromatic carbocycles. The summed E-state index contributed by atoms with van der Waals surface area (Å²) in [5.41, 5.74) is 1.02. The van der Waals surface area contributed by atoms with Crippen molar-refractivity contribution < 1.29 is 4.42 Å². The summed E-state index contributed by atoms with van der Waals surface area (Å²) in [7, 11) is 0. The number of piperidine rings is 1. The van der Waals surface area contributed by atoms with E-state index in [1.165, 1.54) is 12.8 Å². The van der Waals surface area contributed by atoms with Gasteiger partial charge in [-0.2, -0.15) is 0 Å². The summed E-state index contributed by atoms with van der Waals surface area (Å²) in [4.78, 5) is 7.09. The first kappa shape index (κ1) is 15.2. The smallest absolute Gasteiger partial charge is 0.199 e. The number of hydrogen-bond donors (Lipinski definition) is 0. The van der Waals surface area contributed by atoms with Crippen molar-refractivity contribution >= 4 is 0 Å². The van der Waals surface area contributed by atoms with E-state index in [4.69, 9.17) is 4.42 Å². The van der Waals surface area contributed by atoms with Crippen LogP contribution in [0.3, 0.4) is 0 Å². The molecule has 0 amide bonds. The van der Waals surface area contributed by atoms with Crippen molar-refractivity contribution in [2.24, 2.45) is 5.92 Å². The van der Waals surface area contributed by atoms with Crippen molar-refractivity contribution in [3.8, 4) is 0 Å². The van der Waals surface area contributed by atoms with Gasteiger partial charge in [-0.3, -0.25) is 4.90 Å². The van der Waals surface area contributed by atoms with Gasteiger partial charge in [0.15, 0.2) is 5.89 Å². The van der Waals surface area contributed by atoms with Gasteiger partial charge < -0.3 is 8.98 Å². The molecule has 0 saturated carbocycles. The lowest BCUT2D eigenvalue weighted by molar-refractivity contribution is 0.165. The number of nitrogens with zero attached hydrogens (tertiary/aromatic N) is 5. The maximum Gasteiger partial charge on any atom is 0.199 e. The highest BCUT2D eigenvalue weighted by Gasteiger charge is 2.23. The fourth-order valence-electron chi connectivity index (χ4n) is 2.89. The Balaban J connectivity index is 1.48. The molecule has 2 aromatic heterocycles. The van der Waals surface area contributed by atoms with Gasteiger partial charge in [0.25, 0.3) is 0 Å². The first-order valence-corrected chi connectivity index (χ1v) is 8.00. The second kappa shape index (κ2) is 6.20. The van der Waals surface area contributed by atoms with Gasteiger partial charge >= 0.3 is 0 Å². The molecule has 1 fully saturated rings. The Labute approximate surface area is 131 Å². The number of oxazole rings is 1. The molecular formula is C16H25N5O. The molecule has 1 aliphatic heterocycles. The molecule has 0 atom stereocenters. The van der Waals surface area contributed by atoms with Crippen molar-refractivity contribution in [3.05, 3.63) is 30.5 Å². The molecule has 0 aliphatic carbocycles. The van der Waals surface area contributed by atoms with E-state index in [9.17, 15) is 0 Å². The maximum atomic E-state index is 5.61. The number of rotatable bonds is 4. The van der Waals surface area contributed by atoms with E-state index in [0.29, 0.717) is 0 Å². The SMILES string of the molecule is CC(C)(C)c1nc(CN2CCC(Cn3cnnc3)CC2)co1. The van der Waals surface area contributed by atoms with Crippen LogP contribution in [0.2, 0.25) is 0 Å². The molecule has 0 unspecified atom stereocenters. The highest BCUT2D eigenvalue weighted by atomic mass is 16.3. The van der Waals surface area contributed by atoms with Crippen molar-refractivity contribution in [1.29, 1.82) is 0 Å². The van der Waals surface area contributed by atoms with Gasteiger partial charge in [-0.15, -0.1) is 10.2 Å². The molecule has 1 saturated heterocycles. The topological polar surface area (TPSA) is 60.0 Å². The van der Waals surface area contributed by atoms with Gasteiger partial charge in [0.2, 0.25) is 0 Å². The van der Waals surface area contributed by atoms with Gasteiger partial charge in [0, 0.05) is 18.5 Å². The Bertz CT molecular complexity index is 576. The van der Waals surface area contributed by atoms with Crippen LogP contribution in [0.25, 0.3) is 0 Å². The van der Waals surface area contributed by atoms with E-state index in [2.05, 4.69) is 45.4 Å². The lowest BCUT2D eigenvalue weighted by atomic mass is 9.96. The Morgan fingerprint density at radius 3 is 2.45 bits per heavy atom. The van der Waals surface area contributed by atoms with Crippen LogP contribution >= 0.6 is 0 Å². The zero-order valence-corrected chi connectivity index (χ0v) is 13.7. The van der Waals surface area contributed by atoms with Crippen LogP contribution in [-0.4, -0.2) is 37.7 Å². The predicted molar refractivity (Wildman–Crippen MR) is 83.2 cm³/mol. The Morgan fingerprint density at radius 1 is 1.18 bits per heavy atom. The standard InChI is InChI=1S/C16H25N5O/c1-16(2,3)15-19-14(10-22-15)9-20-6-4-13(5-7-20)8-21-11-17-18-12-21/h10-13H,4-9H2,1-3H3. The average molecular weight is 303 g/mol. The number of likely N-dealkylation sites (tertiary alicyclic amines) is 1. The van der Waals surface area contributed by atoms with Crippen LogP contribution in [-0.2, 0) is 18.5 Å². The summed E-state index contributed by atoms with van der Waals surface area (Å²) in [6.45, 7) is 10.5. The average Bonchev–Trinajstić information content (AvgIpc) is 3.12. The molecule has 6 heteroatoms. The van der Waals surface area contributed by atoms with Gasteiger partial charge in [0.05, 0.1) is 5.69 Å². The number of hydrogen-bond acceptors (Lipinski definition) is 5. The normalized spacial score (nSPS) is 18.0. The quantitative estimate of drug-likeness (QED) is 0.868. The van der Waals surface area contributed by atoms with Crippen molar-refractivity contribution in [2.45, 2.75) is 52.1 Å². The van der Waals surface area contributed by atoms with E-state index >= 15 is 0 Å². The molecule has 3 rings (SSSR count). The Hall–Kier alpha value is -1.69. The monoisotopic (exact) mass is 303 g/mol. The molecule has 6 nitrogen and oxygen atoms in total. The Morgan fingerprint density at radius 2 is 1.86 bits per heavy atom. The third kappa shape index (κ3) is 3.74. The van der Waals surface area contributed by atoms with Crippen LogP contribution in [0, 0.1) is 5.92 Å². The molecule has 1 aliphatic rings. The second-order valence-corrected chi connectivity index (χ2v) is 7.27. The predicted octanol–water partition coefficient (Wildman–Crippen LogP) is 2.48. The maximum absolute atomic E-state index is 5.61. The minimum atomic E-state index is -0.0237. The van der Waals surface area contributed by atoms with Crippen molar-refractivity contribution in [1.82, 2.24) is 24.6 Å². The molecule has 22 heavy (non-hydrogen) atoms. The first-order valence-electron chi connectivity index (χ1n) is 8.00. The van der Waals surface area contributed by atoms with Crippen LogP contribution < -0.4 is 0 Å². The van der Waals surface area contributed by atoms with Gasteiger partial charge in [-0.1, -0.05) is 20.8 Å². The lowest BCUT2D eigenvalue weighted by Crippen LogP contribution is -2.34. The Kier molecular flexibility index (Phi) is 4.29. The molecular weight excluding hydrogens is 278 g/mol. The molecule has 0 spiro atoms. The fourth-order valence-corrected chi connectivity index (χ4v) is 2.89. The van der Waals surface area contributed by atoms with Gasteiger partial charge in [-0.05, 0) is 31.8 Å². The van der Waals surface area contributed by atoms with Crippen molar-refractivity contribution in [2.75, 3.05) is 13.1 Å². The molecule has 0 bridgehead atoms. The summed E-state index contributed by atoms with van der Waals surface area (Å²) in [5, 5.41) is 7.73. The summed E-state index contributed by atoms with van der Waals surface area (Å²) < 4.78 is 7.68. The molecule has 3 heterocycles. The highest BCUT2D eigenvalue weighted by molar-refractivity contribution is 5.04. The first-order chi connectivity index (χ1) is 10.5. The summed E-state index contributed by atoms with van der Waals surface area (Å²) in [6.07, 6.45) is 7.83. The third-order valence-electron chi connectivity index (χ3n) is 4.22. The minimum Gasteiger partial charge on any atom is -0.448 e. The van der Waals surface area contributed by atoms with E-state index < -0.39 is 0 Å². The van der Waals surface area contributed by atoms with Crippen LogP contribution in [0.5, 0.6) is 0 Å². The van der Waals surface area contributed by atoms with E-state index in [0.717, 1.165) is 43.7 Å². The zero-order chi connectivity index (χ0) is 15.6. The molecule has 2 aromatic rings. The molecule has 0 radical (unpaired) electrons. The second-order valence-electron chi connectivity index (χ2n) is 7.27. The van der Waals surface area contributed by atoms with E-state index in [1.807, 2.05) is 6.26 Å². The van der Waals surface area contributed by atoms with Crippen LogP contribution in [0.4, 0.5) is 0 Å². The summed E-state index contributed by atoms with van der Waals surface area (Å²) in [6, 6.07) is 0. The minimum absolute atomic E-state index is 0.0237. The summed E-state index contributed by atoms with van der Waals surface area (Å²) >= 11 is 0. The summed E-state index contributed by atoms with van der Waals surface area (Å²) in [5.74, 6) is 1.54. The van der Waals surface area contributed by atoms with E-state index in [1.54, 1.807) is 12.7 Å². The van der Waals surface area contributed by atoms with Gasteiger partial charge in [-0.25, -0.2) is 4.98 Å². The molecule has 120 valence electrons. The van der Waals surface area contributed by atoms with Gasteiger partial charge in [0.1, 0.15) is 18.9 Å². The zero-order valence-electron chi connectivity index (χ0n) is 13.7. The molecule has 0 N–H and O–H groups in total. The highest BCUT2D eigenvalue weighted by Crippen LogP contribution is 2.23. The fraction of sp³-hybridized carbons (Fsp3) is 0.688. The lowest BCUT2D eigenvalue weighted by Gasteiger charge is -2.31. The van der Waals surface area contributed by atoms with Crippen LogP contribution in [0.15, 0.2) is 23.3 Å². The van der Waals surface area contributed by atoms with Crippen LogP contribution in [0.1, 0.15) is 45.2 Å². The third-order valence-corrected chi connectivity index (χ3v) is 4.22. The number of aromatic nitrogens is 4. The van der Waals surface area contributed by atoms with Crippen molar-refractivity contribution in [3.63, 3.8) is 0 Å². The largest absolute Gasteiger partial charge is 0.448 e. The van der Waals surface area contributed by atoms with E-state index in [-0.39, 0.29) is 5.41 Å².